The maximum atomic E-state index is 10.3. The monoisotopic (exact) mass is 403 g/mol. The molecule has 3 heterocycles. The molecule has 148 valence electrons. The Bertz CT molecular complexity index is 938. The van der Waals surface area contributed by atoms with Crippen molar-refractivity contribution in [3.63, 3.8) is 0 Å². The number of anilines is 1. The largest absolute Gasteiger partial charge is 0.387 e. The van der Waals surface area contributed by atoms with Crippen molar-refractivity contribution in [2.24, 2.45) is 0 Å². The molecule has 5 atom stereocenters. The summed E-state index contributed by atoms with van der Waals surface area (Å²) >= 11 is 5.81. The summed E-state index contributed by atoms with van der Waals surface area (Å²) < 4.78 is 7.30. The predicted octanol–water partition coefficient (Wildman–Crippen LogP) is 1.73. The molecule has 0 amide bonds. The first-order valence-corrected chi connectivity index (χ1v) is 9.67. The van der Waals surface area contributed by atoms with Gasteiger partial charge in [-0.25, -0.2) is 15.0 Å². The second-order valence-electron chi connectivity index (χ2n) is 6.98. The number of benzene rings is 1. The fourth-order valence-corrected chi connectivity index (χ4v) is 3.74. The van der Waals surface area contributed by atoms with E-state index in [0.717, 1.165) is 6.42 Å². The average molecular weight is 404 g/mol. The number of halogens is 1. The van der Waals surface area contributed by atoms with Gasteiger partial charge in [0.2, 0.25) is 0 Å². The van der Waals surface area contributed by atoms with Crippen LogP contribution in [-0.4, -0.2) is 60.0 Å². The van der Waals surface area contributed by atoms with E-state index >= 15 is 0 Å². The molecule has 9 heteroatoms. The molecule has 0 aliphatic carbocycles. The highest BCUT2D eigenvalue weighted by molar-refractivity contribution is 6.18. The van der Waals surface area contributed by atoms with Gasteiger partial charge in [0.1, 0.15) is 24.6 Å². The number of alkyl halides is 1. The summed E-state index contributed by atoms with van der Waals surface area (Å²) in [6.07, 6.45) is 0.159. The van der Waals surface area contributed by atoms with Gasteiger partial charge in [0, 0.05) is 6.04 Å². The molecule has 28 heavy (non-hydrogen) atoms. The lowest BCUT2D eigenvalue weighted by Crippen LogP contribution is -2.32. The number of aromatic nitrogens is 4. The second kappa shape index (κ2) is 8.00. The van der Waals surface area contributed by atoms with E-state index in [1.807, 2.05) is 18.2 Å². The molecule has 4 rings (SSSR count). The zero-order valence-corrected chi connectivity index (χ0v) is 16.1. The number of hydrogen-bond acceptors (Lipinski definition) is 7. The first-order chi connectivity index (χ1) is 13.6. The van der Waals surface area contributed by atoms with Crippen LogP contribution in [0.5, 0.6) is 0 Å². The Hall–Kier alpha value is -2.26. The van der Waals surface area contributed by atoms with E-state index in [4.69, 9.17) is 16.3 Å². The van der Waals surface area contributed by atoms with Crippen molar-refractivity contribution in [3.05, 3.63) is 48.5 Å². The van der Waals surface area contributed by atoms with E-state index in [-0.39, 0.29) is 11.9 Å². The third-order valence-corrected chi connectivity index (χ3v) is 5.19. The van der Waals surface area contributed by atoms with Gasteiger partial charge in [-0.1, -0.05) is 30.3 Å². The van der Waals surface area contributed by atoms with Crippen molar-refractivity contribution in [2.75, 3.05) is 11.2 Å². The van der Waals surface area contributed by atoms with E-state index in [9.17, 15) is 10.2 Å². The van der Waals surface area contributed by atoms with Crippen molar-refractivity contribution < 1.29 is 14.9 Å². The number of imidazole rings is 1. The molecule has 0 bridgehead atoms. The van der Waals surface area contributed by atoms with Crippen LogP contribution in [0.15, 0.2) is 43.0 Å². The number of ether oxygens (including phenoxy) is 1. The molecule has 1 fully saturated rings. The van der Waals surface area contributed by atoms with Crippen molar-refractivity contribution >= 4 is 28.6 Å². The van der Waals surface area contributed by atoms with Crippen LogP contribution in [0.1, 0.15) is 18.7 Å². The Morgan fingerprint density at radius 3 is 2.68 bits per heavy atom. The summed E-state index contributed by atoms with van der Waals surface area (Å²) in [6, 6.07) is 10.3. The number of hydrogen-bond donors (Lipinski definition) is 3. The van der Waals surface area contributed by atoms with Crippen LogP contribution in [0, 0.1) is 0 Å². The van der Waals surface area contributed by atoms with Gasteiger partial charge in [0.25, 0.3) is 0 Å². The number of nitrogens with zero attached hydrogens (tertiary/aromatic N) is 4. The summed E-state index contributed by atoms with van der Waals surface area (Å²) in [6.45, 7) is 2.07. The van der Waals surface area contributed by atoms with Gasteiger partial charge in [-0.2, -0.15) is 0 Å². The molecule has 1 aliphatic heterocycles. The Balaban J connectivity index is 1.57. The molecule has 8 nitrogen and oxygen atoms in total. The number of aliphatic hydroxyl groups is 2. The normalized spacial score (nSPS) is 25.9. The molecule has 0 saturated carbocycles. The highest BCUT2D eigenvalue weighted by Crippen LogP contribution is 2.32. The summed E-state index contributed by atoms with van der Waals surface area (Å²) in [7, 11) is 0. The molecule has 0 radical (unpaired) electrons. The first kappa shape index (κ1) is 19.1. The quantitative estimate of drug-likeness (QED) is 0.538. The van der Waals surface area contributed by atoms with Gasteiger partial charge >= 0.3 is 0 Å². The minimum absolute atomic E-state index is 0.0835. The van der Waals surface area contributed by atoms with E-state index in [0.29, 0.717) is 17.0 Å². The summed E-state index contributed by atoms with van der Waals surface area (Å²) in [5.74, 6) is 0.689. The van der Waals surface area contributed by atoms with Crippen LogP contribution in [-0.2, 0) is 11.2 Å². The highest BCUT2D eigenvalue weighted by atomic mass is 35.5. The minimum Gasteiger partial charge on any atom is -0.387 e. The van der Waals surface area contributed by atoms with Gasteiger partial charge in [-0.05, 0) is 18.9 Å². The predicted molar refractivity (Wildman–Crippen MR) is 105 cm³/mol. The first-order valence-electron chi connectivity index (χ1n) is 9.14. The van der Waals surface area contributed by atoms with E-state index < -0.39 is 24.5 Å². The lowest BCUT2D eigenvalue weighted by molar-refractivity contribution is -0.0291. The molecule has 3 aromatic rings. The van der Waals surface area contributed by atoms with E-state index in [1.54, 1.807) is 4.57 Å². The molecule has 1 unspecified atom stereocenters. The lowest BCUT2D eigenvalue weighted by Gasteiger charge is -2.17. The van der Waals surface area contributed by atoms with Crippen LogP contribution < -0.4 is 5.32 Å². The Morgan fingerprint density at radius 2 is 1.96 bits per heavy atom. The summed E-state index contributed by atoms with van der Waals surface area (Å²) in [4.78, 5) is 13.0. The lowest BCUT2D eigenvalue weighted by atomic mass is 10.1. The zero-order valence-electron chi connectivity index (χ0n) is 15.3. The molecule has 1 aromatic carbocycles. The summed E-state index contributed by atoms with van der Waals surface area (Å²) in [5.41, 5.74) is 2.31. The van der Waals surface area contributed by atoms with Crippen LogP contribution in [0.3, 0.4) is 0 Å². The molecule has 1 saturated heterocycles. The fraction of sp³-hybridized carbons (Fsp3) is 0.421. The van der Waals surface area contributed by atoms with Crippen LogP contribution in [0.4, 0.5) is 5.82 Å². The van der Waals surface area contributed by atoms with Gasteiger partial charge in [0.05, 0.1) is 12.2 Å². The van der Waals surface area contributed by atoms with Crippen LogP contribution >= 0.6 is 11.6 Å². The van der Waals surface area contributed by atoms with Gasteiger partial charge in [-0.3, -0.25) is 4.57 Å². The standard InChI is InChI=1S/C19H22ClN5O3/c1-11(7-12-5-3-2-4-6-12)24-17-14-18(22-9-21-17)25(10-23-14)19-16(27)15(26)13(8-20)28-19/h2-6,9-11,13,15-16,19,26-27H,7-8H2,1H3,(H,21,22,24)/t11?,13-,15-,16-,19-/m1/s1. The maximum Gasteiger partial charge on any atom is 0.167 e. The van der Waals surface area contributed by atoms with E-state index in [2.05, 4.69) is 39.3 Å². The van der Waals surface area contributed by atoms with Gasteiger partial charge in [-0.15, -0.1) is 11.6 Å². The van der Waals surface area contributed by atoms with Gasteiger partial charge in [0.15, 0.2) is 23.2 Å². The Kier molecular flexibility index (Phi) is 5.45. The third-order valence-electron chi connectivity index (χ3n) is 4.89. The topological polar surface area (TPSA) is 105 Å². The maximum absolute atomic E-state index is 10.3. The Morgan fingerprint density at radius 1 is 1.18 bits per heavy atom. The SMILES string of the molecule is CC(Cc1ccccc1)Nc1ncnc2c1ncn2[C@@H]1O[C@H](CCl)[C@@H](O)[C@H]1O. The van der Waals surface area contributed by atoms with E-state index in [1.165, 1.54) is 18.2 Å². The molecular formula is C19H22ClN5O3. The van der Waals surface area contributed by atoms with Crippen molar-refractivity contribution in [2.45, 2.75) is 43.9 Å². The average Bonchev–Trinajstić information content (AvgIpc) is 3.25. The van der Waals surface area contributed by atoms with Crippen molar-refractivity contribution in [1.29, 1.82) is 0 Å². The smallest absolute Gasteiger partial charge is 0.167 e. The number of rotatable bonds is 6. The molecule has 3 N–H and O–H groups in total. The zero-order chi connectivity index (χ0) is 19.7. The Labute approximate surface area is 167 Å². The van der Waals surface area contributed by atoms with Crippen molar-refractivity contribution in [3.8, 4) is 0 Å². The minimum atomic E-state index is -1.12. The number of aliphatic hydroxyl groups excluding tert-OH is 2. The second-order valence-corrected chi connectivity index (χ2v) is 7.29. The summed E-state index contributed by atoms with van der Waals surface area (Å²) in [5, 5.41) is 23.8. The molecule has 1 aliphatic rings. The molecule has 0 spiro atoms. The van der Waals surface area contributed by atoms with Crippen molar-refractivity contribution in [1.82, 2.24) is 19.5 Å². The number of nitrogens with one attached hydrogen (secondary N) is 1. The molecular weight excluding hydrogens is 382 g/mol. The fourth-order valence-electron chi connectivity index (χ4n) is 3.48. The highest BCUT2D eigenvalue weighted by Gasteiger charge is 2.43. The van der Waals surface area contributed by atoms with Crippen LogP contribution in [0.2, 0.25) is 0 Å². The molecule has 2 aromatic heterocycles. The van der Waals surface area contributed by atoms with Gasteiger partial charge < -0.3 is 20.3 Å². The van der Waals surface area contributed by atoms with Crippen LogP contribution in [0.25, 0.3) is 11.2 Å². The third kappa shape index (κ3) is 3.56. The number of fused-ring (bicyclic) bond motifs is 1.